The summed E-state index contributed by atoms with van der Waals surface area (Å²) in [6.07, 6.45) is -2.34. The fourth-order valence-corrected chi connectivity index (χ4v) is 2.68. The Balaban J connectivity index is 1.92. The maximum absolute atomic E-state index is 13.0. The van der Waals surface area contributed by atoms with Crippen LogP contribution in [0.2, 0.25) is 0 Å². The minimum absolute atomic E-state index is 0.275. The van der Waals surface area contributed by atoms with E-state index in [1.165, 1.54) is 23.1 Å². The first-order valence-corrected chi connectivity index (χ1v) is 6.82. The number of alkyl halides is 3. The number of nitrogens with zero attached hydrogens (tertiary/aromatic N) is 3. The van der Waals surface area contributed by atoms with E-state index in [9.17, 15) is 18.0 Å². The number of rotatable bonds is 1. The zero-order valence-electron chi connectivity index (χ0n) is 11.9. The number of halogens is 3. The average Bonchev–Trinajstić information content (AvgIpc) is 2.86. The third kappa shape index (κ3) is 2.47. The highest BCUT2D eigenvalue weighted by atomic mass is 19.4. The Kier molecular flexibility index (Phi) is 3.42. The number of imidazole rings is 1. The van der Waals surface area contributed by atoms with Crippen molar-refractivity contribution in [3.8, 4) is 0 Å². The first-order chi connectivity index (χ1) is 10.4. The summed E-state index contributed by atoms with van der Waals surface area (Å²) in [6.45, 7) is 0.645. The molecule has 0 saturated carbocycles. The molecule has 1 aromatic heterocycles. The van der Waals surface area contributed by atoms with Crippen LogP contribution >= 0.6 is 0 Å². The summed E-state index contributed by atoms with van der Waals surface area (Å²) in [6, 6.07) is 4.90. The van der Waals surface area contributed by atoms with Crippen LogP contribution in [-0.2, 0) is 26.2 Å². The van der Waals surface area contributed by atoms with Gasteiger partial charge in [0.05, 0.1) is 35.4 Å². The van der Waals surface area contributed by atoms with Crippen molar-refractivity contribution in [2.45, 2.75) is 19.1 Å². The van der Waals surface area contributed by atoms with Crippen LogP contribution in [-0.4, -0.2) is 26.9 Å². The lowest BCUT2D eigenvalue weighted by atomic mass is 10.0. The van der Waals surface area contributed by atoms with Gasteiger partial charge in [-0.2, -0.15) is 13.2 Å². The van der Waals surface area contributed by atoms with Crippen molar-refractivity contribution in [2.75, 3.05) is 6.54 Å². The van der Waals surface area contributed by atoms with Crippen molar-refractivity contribution < 1.29 is 18.0 Å². The number of hydrogen-bond donors (Lipinski definition) is 0. The highest BCUT2D eigenvalue weighted by Crippen LogP contribution is 2.33. The number of fused-ring (bicyclic) bond motifs is 1. The van der Waals surface area contributed by atoms with E-state index in [0.29, 0.717) is 13.0 Å². The molecule has 1 amide bonds. The number of aromatic nitrogens is 2. The normalized spacial score (nSPS) is 14.8. The van der Waals surface area contributed by atoms with Gasteiger partial charge in [-0.3, -0.25) is 4.79 Å². The van der Waals surface area contributed by atoms with Gasteiger partial charge in [-0.25, -0.2) is 4.98 Å². The zero-order valence-corrected chi connectivity index (χ0v) is 11.9. The predicted octanol–water partition coefficient (Wildman–Crippen LogP) is 2.64. The molecule has 0 fully saturated rings. The highest BCUT2D eigenvalue weighted by Gasteiger charge is 2.36. The van der Waals surface area contributed by atoms with Gasteiger partial charge in [0.25, 0.3) is 5.91 Å². The number of amides is 1. The van der Waals surface area contributed by atoms with Crippen molar-refractivity contribution in [2.24, 2.45) is 7.05 Å². The van der Waals surface area contributed by atoms with Gasteiger partial charge in [-0.15, -0.1) is 0 Å². The van der Waals surface area contributed by atoms with E-state index >= 15 is 0 Å². The summed E-state index contributed by atoms with van der Waals surface area (Å²) in [5.41, 5.74) is 0.566. The predicted molar refractivity (Wildman–Crippen MR) is 73.1 cm³/mol. The number of carbonyl (C=O) groups excluding carboxylic acids is 1. The van der Waals surface area contributed by atoms with Crippen LogP contribution in [0.25, 0.3) is 0 Å². The van der Waals surface area contributed by atoms with Crippen LogP contribution in [0.15, 0.2) is 30.6 Å². The van der Waals surface area contributed by atoms with Crippen molar-refractivity contribution in [3.05, 3.63) is 53.1 Å². The van der Waals surface area contributed by atoms with E-state index in [1.54, 1.807) is 10.9 Å². The number of carbonyl (C=O) groups is 1. The number of benzene rings is 1. The van der Waals surface area contributed by atoms with Crippen LogP contribution in [0.1, 0.15) is 27.3 Å². The van der Waals surface area contributed by atoms with Gasteiger partial charge >= 0.3 is 6.18 Å². The largest absolute Gasteiger partial charge is 0.417 e. The first kappa shape index (κ1) is 14.6. The monoisotopic (exact) mass is 309 g/mol. The fourth-order valence-electron chi connectivity index (χ4n) is 2.68. The van der Waals surface area contributed by atoms with Crippen molar-refractivity contribution in [3.63, 3.8) is 0 Å². The van der Waals surface area contributed by atoms with Gasteiger partial charge in [0, 0.05) is 20.0 Å². The average molecular weight is 309 g/mol. The minimum Gasteiger partial charge on any atom is -0.336 e. The van der Waals surface area contributed by atoms with Crippen molar-refractivity contribution in [1.82, 2.24) is 14.5 Å². The lowest BCUT2D eigenvalue weighted by Gasteiger charge is -2.28. The van der Waals surface area contributed by atoms with E-state index in [-0.39, 0.29) is 12.1 Å². The molecule has 0 saturated heterocycles. The first-order valence-electron chi connectivity index (χ1n) is 6.82. The molecular weight excluding hydrogens is 295 g/mol. The van der Waals surface area contributed by atoms with E-state index in [0.717, 1.165) is 17.5 Å². The van der Waals surface area contributed by atoms with E-state index in [1.807, 2.05) is 7.05 Å². The third-order valence-corrected chi connectivity index (χ3v) is 3.85. The lowest BCUT2D eigenvalue weighted by molar-refractivity contribution is -0.138. The molecule has 0 unspecified atom stereocenters. The molecule has 0 atom stereocenters. The van der Waals surface area contributed by atoms with E-state index in [4.69, 9.17) is 0 Å². The zero-order chi connectivity index (χ0) is 15.9. The van der Waals surface area contributed by atoms with Gasteiger partial charge in [-0.05, 0) is 12.1 Å². The Morgan fingerprint density at radius 3 is 2.73 bits per heavy atom. The van der Waals surface area contributed by atoms with Gasteiger partial charge in [0.1, 0.15) is 0 Å². The standard InChI is InChI=1S/C15H14F3N3O/c1-20-9-19-12-6-7-21(8-13(12)20)14(22)10-4-2-3-5-11(10)15(16,17)18/h2-5,9H,6-8H2,1H3. The maximum atomic E-state index is 13.0. The highest BCUT2D eigenvalue weighted by molar-refractivity contribution is 5.96. The van der Waals surface area contributed by atoms with Crippen molar-refractivity contribution >= 4 is 5.91 Å². The smallest absolute Gasteiger partial charge is 0.336 e. The summed E-state index contributed by atoms with van der Waals surface area (Å²) >= 11 is 0. The lowest BCUT2D eigenvalue weighted by Crippen LogP contribution is -2.37. The molecule has 116 valence electrons. The molecule has 0 spiro atoms. The van der Waals surface area contributed by atoms with Gasteiger partial charge in [0.2, 0.25) is 0 Å². The van der Waals surface area contributed by atoms with Crippen LogP contribution in [0.5, 0.6) is 0 Å². The van der Waals surface area contributed by atoms with Gasteiger partial charge < -0.3 is 9.47 Å². The molecule has 1 aromatic carbocycles. The van der Waals surface area contributed by atoms with Crippen molar-refractivity contribution in [1.29, 1.82) is 0 Å². The minimum atomic E-state index is -4.54. The molecule has 0 aliphatic carbocycles. The summed E-state index contributed by atoms with van der Waals surface area (Å²) in [4.78, 5) is 18.2. The molecule has 1 aliphatic heterocycles. The number of aryl methyl sites for hydroxylation is 1. The molecule has 22 heavy (non-hydrogen) atoms. The van der Waals surface area contributed by atoms with Crippen LogP contribution in [0.3, 0.4) is 0 Å². The van der Waals surface area contributed by atoms with Crippen LogP contribution in [0.4, 0.5) is 13.2 Å². The Morgan fingerprint density at radius 2 is 2.00 bits per heavy atom. The third-order valence-electron chi connectivity index (χ3n) is 3.85. The quantitative estimate of drug-likeness (QED) is 0.812. The van der Waals surface area contributed by atoms with E-state index in [2.05, 4.69) is 4.98 Å². The van der Waals surface area contributed by atoms with Crippen LogP contribution < -0.4 is 0 Å². The fraction of sp³-hybridized carbons (Fsp3) is 0.333. The number of hydrogen-bond acceptors (Lipinski definition) is 2. The molecule has 0 radical (unpaired) electrons. The summed E-state index contributed by atoms with van der Waals surface area (Å²) in [5, 5.41) is 0. The SMILES string of the molecule is Cn1cnc2c1CN(C(=O)c1ccccc1C(F)(F)F)CC2. The summed E-state index contributed by atoms with van der Waals surface area (Å²) in [5.74, 6) is -0.597. The molecule has 3 rings (SSSR count). The Labute approximate surface area is 125 Å². The second-order valence-corrected chi connectivity index (χ2v) is 5.27. The molecule has 0 N–H and O–H groups in total. The summed E-state index contributed by atoms with van der Waals surface area (Å²) in [7, 11) is 1.81. The molecule has 2 heterocycles. The van der Waals surface area contributed by atoms with Gasteiger partial charge in [-0.1, -0.05) is 12.1 Å². The second kappa shape index (κ2) is 5.15. The Bertz CT molecular complexity index is 721. The van der Waals surface area contributed by atoms with E-state index < -0.39 is 17.6 Å². The molecule has 7 heteroatoms. The topological polar surface area (TPSA) is 38.1 Å². The molecule has 1 aliphatic rings. The summed E-state index contributed by atoms with van der Waals surface area (Å²) < 4.78 is 40.9. The molecular formula is C15H14F3N3O. The Hall–Kier alpha value is -2.31. The Morgan fingerprint density at radius 1 is 1.27 bits per heavy atom. The van der Waals surface area contributed by atoms with Gasteiger partial charge in [0.15, 0.2) is 0 Å². The maximum Gasteiger partial charge on any atom is 0.417 e. The molecule has 2 aromatic rings. The molecule has 4 nitrogen and oxygen atoms in total. The molecule has 0 bridgehead atoms. The second-order valence-electron chi connectivity index (χ2n) is 5.27. The van der Waals surface area contributed by atoms with Crippen LogP contribution in [0, 0.1) is 0 Å².